The van der Waals surface area contributed by atoms with E-state index in [4.69, 9.17) is 4.42 Å². The third kappa shape index (κ3) is 3.85. The highest BCUT2D eigenvalue weighted by atomic mass is 16.3. The number of carbonyl (C=O) groups is 3. The molecule has 8 heteroatoms. The van der Waals surface area contributed by atoms with E-state index in [2.05, 4.69) is 21.2 Å². The average molecular weight is 467 g/mol. The van der Waals surface area contributed by atoms with Gasteiger partial charge in [-0.15, -0.1) is 0 Å². The number of fused-ring (bicyclic) bond motifs is 6. The second-order valence-electron chi connectivity index (χ2n) is 10.6. The molecule has 1 aliphatic carbocycles. The number of hydrogen-bond acceptors (Lipinski definition) is 5. The van der Waals surface area contributed by atoms with Crippen molar-refractivity contribution in [3.63, 3.8) is 0 Å². The highest BCUT2D eigenvalue weighted by molar-refractivity contribution is 6.04. The van der Waals surface area contributed by atoms with Crippen LogP contribution in [0.1, 0.15) is 57.1 Å². The SMILES string of the molecule is O=C1NC(CCC(=O)N2CCCC3=C[C@H]4C[C@@H](CN5CCCCC45)C32)C(=O)N1Cc1ccco1. The van der Waals surface area contributed by atoms with Crippen molar-refractivity contribution >= 4 is 17.8 Å². The van der Waals surface area contributed by atoms with Crippen molar-refractivity contribution in [1.82, 2.24) is 20.0 Å². The maximum Gasteiger partial charge on any atom is 0.325 e. The Morgan fingerprint density at radius 2 is 2.09 bits per heavy atom. The molecule has 1 aromatic heterocycles. The topological polar surface area (TPSA) is 86.1 Å². The fraction of sp³-hybridized carbons (Fsp3) is 0.654. The van der Waals surface area contributed by atoms with Crippen molar-refractivity contribution in [2.75, 3.05) is 19.6 Å². The molecule has 1 N–H and O–H groups in total. The van der Waals surface area contributed by atoms with Crippen molar-refractivity contribution in [3.05, 3.63) is 35.8 Å². The number of imide groups is 1. The summed E-state index contributed by atoms with van der Waals surface area (Å²) in [5.74, 6) is 1.55. The third-order valence-electron chi connectivity index (χ3n) is 8.63. The van der Waals surface area contributed by atoms with Crippen molar-refractivity contribution in [3.8, 4) is 0 Å². The number of amides is 4. The number of piperidine rings is 3. The fourth-order valence-corrected chi connectivity index (χ4v) is 7.15. The van der Waals surface area contributed by atoms with E-state index in [1.165, 1.54) is 49.0 Å². The van der Waals surface area contributed by atoms with Gasteiger partial charge in [0.15, 0.2) is 0 Å². The van der Waals surface area contributed by atoms with Gasteiger partial charge in [0.1, 0.15) is 11.8 Å². The number of nitrogens with zero attached hydrogens (tertiary/aromatic N) is 3. The number of hydrogen-bond donors (Lipinski definition) is 1. The number of rotatable bonds is 5. The zero-order chi connectivity index (χ0) is 23.2. The molecule has 34 heavy (non-hydrogen) atoms. The van der Waals surface area contributed by atoms with Gasteiger partial charge < -0.3 is 14.6 Å². The Bertz CT molecular complexity index is 989. The van der Waals surface area contributed by atoms with E-state index in [1.54, 1.807) is 12.1 Å². The number of furan rings is 1. The Hall–Kier alpha value is -2.61. The van der Waals surface area contributed by atoms with E-state index in [0.717, 1.165) is 25.9 Å². The monoisotopic (exact) mass is 466 g/mol. The van der Waals surface area contributed by atoms with Crippen LogP contribution in [0.3, 0.4) is 0 Å². The molecule has 6 rings (SSSR count). The molecule has 4 amide bonds. The van der Waals surface area contributed by atoms with Gasteiger partial charge in [0, 0.05) is 25.6 Å². The van der Waals surface area contributed by atoms with Gasteiger partial charge in [0.25, 0.3) is 5.91 Å². The van der Waals surface area contributed by atoms with Gasteiger partial charge in [-0.2, -0.15) is 0 Å². The third-order valence-corrected chi connectivity index (χ3v) is 8.63. The molecule has 5 heterocycles. The first-order chi connectivity index (χ1) is 16.6. The molecule has 0 aromatic carbocycles. The van der Waals surface area contributed by atoms with Gasteiger partial charge in [-0.3, -0.25) is 19.4 Å². The lowest BCUT2D eigenvalue weighted by molar-refractivity contribution is -0.136. The predicted molar refractivity (Wildman–Crippen MR) is 124 cm³/mol. The molecule has 3 unspecified atom stereocenters. The summed E-state index contributed by atoms with van der Waals surface area (Å²) in [6.07, 6.45) is 11.9. The lowest BCUT2D eigenvalue weighted by atomic mass is 9.68. The molecule has 4 aliphatic heterocycles. The second-order valence-corrected chi connectivity index (χ2v) is 10.6. The first-order valence-electron chi connectivity index (χ1n) is 13.0. The summed E-state index contributed by atoms with van der Waals surface area (Å²) < 4.78 is 5.28. The first kappa shape index (κ1) is 21.9. The maximum atomic E-state index is 13.4. The van der Waals surface area contributed by atoms with Crippen molar-refractivity contribution in [2.45, 2.75) is 76.0 Å². The molecule has 5 aliphatic rings. The molecule has 0 saturated carbocycles. The Balaban J connectivity index is 1.11. The minimum absolute atomic E-state index is 0.112. The smallest absolute Gasteiger partial charge is 0.325 e. The summed E-state index contributed by atoms with van der Waals surface area (Å²) in [4.78, 5) is 44.5. The van der Waals surface area contributed by atoms with Crippen LogP contribution in [-0.4, -0.2) is 70.3 Å². The van der Waals surface area contributed by atoms with E-state index >= 15 is 0 Å². The number of urea groups is 1. The van der Waals surface area contributed by atoms with E-state index in [9.17, 15) is 14.4 Å². The van der Waals surface area contributed by atoms with E-state index in [1.807, 2.05) is 0 Å². The molecule has 4 saturated heterocycles. The van der Waals surface area contributed by atoms with E-state index in [0.29, 0.717) is 30.1 Å². The van der Waals surface area contributed by atoms with Gasteiger partial charge in [-0.1, -0.05) is 18.1 Å². The van der Waals surface area contributed by atoms with Crippen molar-refractivity contribution in [1.29, 1.82) is 0 Å². The van der Waals surface area contributed by atoms with Gasteiger partial charge in [-0.05, 0) is 69.0 Å². The molecule has 182 valence electrons. The average Bonchev–Trinajstić information content (AvgIpc) is 3.46. The summed E-state index contributed by atoms with van der Waals surface area (Å²) >= 11 is 0. The lowest BCUT2D eigenvalue weighted by Crippen LogP contribution is -2.60. The molecule has 2 bridgehead atoms. The maximum absolute atomic E-state index is 13.4. The van der Waals surface area contributed by atoms with Gasteiger partial charge in [-0.25, -0.2) is 4.79 Å². The zero-order valence-corrected chi connectivity index (χ0v) is 19.7. The van der Waals surface area contributed by atoms with Crippen LogP contribution < -0.4 is 5.32 Å². The van der Waals surface area contributed by atoms with Crippen LogP contribution in [0.4, 0.5) is 4.79 Å². The minimum atomic E-state index is -0.647. The van der Waals surface area contributed by atoms with Crippen LogP contribution in [-0.2, 0) is 16.1 Å². The Morgan fingerprint density at radius 1 is 1.18 bits per heavy atom. The van der Waals surface area contributed by atoms with Gasteiger partial charge >= 0.3 is 6.03 Å². The lowest BCUT2D eigenvalue weighted by Gasteiger charge is -2.54. The summed E-state index contributed by atoms with van der Waals surface area (Å²) in [6.45, 7) is 3.21. The molecule has 0 radical (unpaired) electrons. The van der Waals surface area contributed by atoms with Crippen LogP contribution in [0.2, 0.25) is 0 Å². The van der Waals surface area contributed by atoms with Gasteiger partial charge in [0.2, 0.25) is 5.91 Å². The number of likely N-dealkylation sites (tertiary alicyclic amines) is 1. The quantitative estimate of drug-likeness (QED) is 0.533. The van der Waals surface area contributed by atoms with Crippen LogP contribution in [0.5, 0.6) is 0 Å². The van der Waals surface area contributed by atoms with Crippen LogP contribution in [0.25, 0.3) is 0 Å². The Morgan fingerprint density at radius 3 is 2.94 bits per heavy atom. The van der Waals surface area contributed by atoms with Crippen LogP contribution in [0.15, 0.2) is 34.5 Å². The number of carbonyl (C=O) groups excluding carboxylic acids is 3. The molecular weight excluding hydrogens is 432 g/mol. The summed E-state index contributed by atoms with van der Waals surface area (Å²) in [5.41, 5.74) is 1.47. The Labute approximate surface area is 200 Å². The molecule has 1 aromatic rings. The zero-order valence-electron chi connectivity index (χ0n) is 19.7. The first-order valence-corrected chi connectivity index (χ1v) is 13.0. The molecular formula is C26H34N4O4. The van der Waals surface area contributed by atoms with Crippen LogP contribution >= 0.6 is 0 Å². The van der Waals surface area contributed by atoms with E-state index < -0.39 is 12.1 Å². The van der Waals surface area contributed by atoms with Crippen LogP contribution in [0, 0.1) is 11.8 Å². The second kappa shape index (κ2) is 8.87. The molecule has 0 spiro atoms. The molecule has 4 fully saturated rings. The van der Waals surface area contributed by atoms with Crippen molar-refractivity contribution < 1.29 is 18.8 Å². The summed E-state index contributed by atoms with van der Waals surface area (Å²) in [5, 5.41) is 2.75. The standard InChI is InChI=1S/C26H34N4O4/c31-23(9-8-21-25(32)30(26(33)27-21)16-20-6-4-12-34-20)29-11-3-5-17-13-18-14-19(24(17)29)15-28-10-2-1-7-22(18)28/h4,6,12-13,18-19,21-22,24H,1-3,5,7-11,14-16H2,(H,27,33)/t18-,19-,21?,22?,24?/m0/s1. The predicted octanol–water partition coefficient (Wildman–Crippen LogP) is 2.90. The molecule has 5 atom stereocenters. The molecule has 8 nitrogen and oxygen atoms in total. The van der Waals surface area contributed by atoms with E-state index in [-0.39, 0.29) is 30.8 Å². The summed E-state index contributed by atoms with van der Waals surface area (Å²) in [6, 6.07) is 3.32. The highest BCUT2D eigenvalue weighted by Crippen LogP contribution is 2.45. The Kier molecular flexibility index (Phi) is 5.71. The largest absolute Gasteiger partial charge is 0.467 e. The normalized spacial score (nSPS) is 33.3. The van der Waals surface area contributed by atoms with Crippen molar-refractivity contribution in [2.24, 2.45) is 11.8 Å². The van der Waals surface area contributed by atoms with Gasteiger partial charge in [0.05, 0.1) is 18.8 Å². The highest BCUT2D eigenvalue weighted by Gasteiger charge is 2.47. The number of nitrogens with one attached hydrogen (secondary N) is 1. The minimum Gasteiger partial charge on any atom is -0.467 e. The summed E-state index contributed by atoms with van der Waals surface area (Å²) in [7, 11) is 0. The fourth-order valence-electron chi connectivity index (χ4n) is 7.15.